The van der Waals surface area contributed by atoms with Crippen LogP contribution >= 0.6 is 0 Å². The lowest BCUT2D eigenvalue weighted by molar-refractivity contribution is 0.261. The summed E-state index contributed by atoms with van der Waals surface area (Å²) < 4.78 is 25.8. The molecule has 0 heterocycles. The normalized spacial score (nSPS) is 10.8. The molecule has 0 rings (SSSR count). The van der Waals surface area contributed by atoms with Crippen LogP contribution in [0.1, 0.15) is 12.8 Å². The molecule has 0 fully saturated rings. The summed E-state index contributed by atoms with van der Waals surface area (Å²) in [6, 6.07) is 0. The van der Waals surface area contributed by atoms with Crippen LogP contribution in [-0.2, 0) is 14.3 Å². The third-order valence-electron chi connectivity index (χ3n) is 1.33. The third-order valence-corrected chi connectivity index (χ3v) is 1.90. The van der Waals surface area contributed by atoms with Crippen LogP contribution in [0.4, 0.5) is 0 Å². The molecular weight excluding hydrogens is 188 g/mol. The van der Waals surface area contributed by atoms with Crippen molar-refractivity contribution in [1.29, 1.82) is 0 Å². The fourth-order valence-electron chi connectivity index (χ4n) is 0.743. The molecule has 0 atom stereocenters. The maximum Gasteiger partial charge on any atom is 0.264 e. The maximum atomic E-state index is 10.6. The minimum Gasteiger partial charge on any atom is -0.270 e. The van der Waals surface area contributed by atoms with Crippen molar-refractivity contribution in [1.82, 2.24) is 0 Å². The van der Waals surface area contributed by atoms with E-state index >= 15 is 0 Å². The van der Waals surface area contributed by atoms with Crippen LogP contribution in [0, 0.1) is 30.6 Å². The van der Waals surface area contributed by atoms with E-state index in [1.165, 1.54) is 0 Å². The molecule has 0 bridgehead atoms. The zero-order valence-electron chi connectivity index (χ0n) is 7.49. The Labute approximate surface area is 79.6 Å². The summed E-state index contributed by atoms with van der Waals surface area (Å²) in [5, 5.41) is 0. The molecule has 4 heteroatoms. The van der Waals surface area contributed by atoms with Gasteiger partial charge in [0.15, 0.2) is 0 Å². The van der Waals surface area contributed by atoms with Gasteiger partial charge < -0.3 is 0 Å². The standard InChI is InChI=1S/C9H12O3S/c1-4-6-9(7-5-2)8-12-13(3,10)11/h1-2,9H,6-8H2,3H3. The van der Waals surface area contributed by atoms with Crippen LogP contribution in [0.5, 0.6) is 0 Å². The molecule has 0 aromatic heterocycles. The van der Waals surface area contributed by atoms with E-state index in [1.54, 1.807) is 0 Å². The average Bonchev–Trinajstić information content (AvgIpc) is 2.00. The molecule has 0 saturated heterocycles. The highest BCUT2D eigenvalue weighted by Crippen LogP contribution is 2.08. The van der Waals surface area contributed by atoms with Gasteiger partial charge >= 0.3 is 0 Å². The first-order valence-electron chi connectivity index (χ1n) is 3.71. The Balaban J connectivity index is 3.99. The number of hydrogen-bond donors (Lipinski definition) is 0. The van der Waals surface area contributed by atoms with Gasteiger partial charge in [-0.25, -0.2) is 0 Å². The van der Waals surface area contributed by atoms with E-state index in [-0.39, 0.29) is 12.5 Å². The van der Waals surface area contributed by atoms with Gasteiger partial charge in [-0.1, -0.05) is 0 Å². The smallest absolute Gasteiger partial charge is 0.264 e. The molecule has 0 N–H and O–H groups in total. The predicted octanol–water partition coefficient (Wildman–Crippen LogP) is 0.625. The molecule has 72 valence electrons. The first-order valence-corrected chi connectivity index (χ1v) is 5.52. The van der Waals surface area contributed by atoms with E-state index in [4.69, 9.17) is 12.8 Å². The summed E-state index contributed by atoms with van der Waals surface area (Å²) in [6.07, 6.45) is 12.0. The SMILES string of the molecule is C#CCC(CC#C)COS(C)(=O)=O. The molecule has 0 aromatic carbocycles. The van der Waals surface area contributed by atoms with Crippen LogP contribution < -0.4 is 0 Å². The first-order chi connectivity index (χ1) is 5.99. The van der Waals surface area contributed by atoms with E-state index in [9.17, 15) is 8.42 Å². The van der Waals surface area contributed by atoms with Gasteiger partial charge in [0.2, 0.25) is 0 Å². The molecule has 3 nitrogen and oxygen atoms in total. The number of hydrogen-bond acceptors (Lipinski definition) is 3. The van der Waals surface area contributed by atoms with Gasteiger partial charge in [-0.3, -0.25) is 4.18 Å². The van der Waals surface area contributed by atoms with Gasteiger partial charge in [0.05, 0.1) is 12.9 Å². The molecule has 0 saturated carbocycles. The molecule has 0 aromatic rings. The fourth-order valence-corrected chi connectivity index (χ4v) is 1.18. The van der Waals surface area contributed by atoms with Gasteiger partial charge in [-0.2, -0.15) is 8.42 Å². The molecule has 0 aliphatic heterocycles. The van der Waals surface area contributed by atoms with Crippen molar-refractivity contribution in [3.63, 3.8) is 0 Å². The molecule has 0 amide bonds. The van der Waals surface area contributed by atoms with Crippen molar-refractivity contribution in [2.75, 3.05) is 12.9 Å². The highest BCUT2D eigenvalue weighted by Gasteiger charge is 2.10. The largest absolute Gasteiger partial charge is 0.270 e. The number of rotatable bonds is 5. The van der Waals surface area contributed by atoms with E-state index in [1.807, 2.05) is 0 Å². The molecule has 0 spiro atoms. The van der Waals surface area contributed by atoms with Crippen molar-refractivity contribution < 1.29 is 12.6 Å². The maximum absolute atomic E-state index is 10.6. The van der Waals surface area contributed by atoms with E-state index < -0.39 is 10.1 Å². The molecule has 0 radical (unpaired) electrons. The van der Waals surface area contributed by atoms with Gasteiger partial charge in [0, 0.05) is 18.8 Å². The monoisotopic (exact) mass is 200 g/mol. The van der Waals surface area contributed by atoms with Gasteiger partial charge in [0.1, 0.15) is 0 Å². The lowest BCUT2D eigenvalue weighted by atomic mass is 10.0. The van der Waals surface area contributed by atoms with Gasteiger partial charge in [-0.05, 0) is 0 Å². The zero-order valence-corrected chi connectivity index (χ0v) is 8.30. The van der Waals surface area contributed by atoms with Crippen molar-refractivity contribution in [3.05, 3.63) is 0 Å². The van der Waals surface area contributed by atoms with Crippen molar-refractivity contribution >= 4 is 10.1 Å². The summed E-state index contributed by atoms with van der Waals surface area (Å²) in [5.41, 5.74) is 0. The van der Waals surface area contributed by atoms with E-state index in [0.717, 1.165) is 6.26 Å². The lowest BCUT2D eigenvalue weighted by Gasteiger charge is -2.09. The molecule has 0 aliphatic rings. The lowest BCUT2D eigenvalue weighted by Crippen LogP contribution is -2.12. The Morgan fingerprint density at radius 3 is 2.08 bits per heavy atom. The molecule has 13 heavy (non-hydrogen) atoms. The third kappa shape index (κ3) is 7.39. The van der Waals surface area contributed by atoms with E-state index in [2.05, 4.69) is 16.0 Å². The molecule has 0 unspecified atom stereocenters. The summed E-state index contributed by atoms with van der Waals surface area (Å²) in [5.74, 6) is 4.76. The highest BCUT2D eigenvalue weighted by atomic mass is 32.2. The topological polar surface area (TPSA) is 43.4 Å². The van der Waals surface area contributed by atoms with Crippen LogP contribution in [0.25, 0.3) is 0 Å². The fraction of sp³-hybridized carbons (Fsp3) is 0.556. The number of terminal acetylenes is 2. The minimum atomic E-state index is -3.39. The second-order valence-electron chi connectivity index (χ2n) is 2.67. The molecular formula is C9H12O3S. The van der Waals surface area contributed by atoms with Gasteiger partial charge in [-0.15, -0.1) is 24.7 Å². The Morgan fingerprint density at radius 1 is 1.31 bits per heavy atom. The van der Waals surface area contributed by atoms with Crippen LogP contribution in [0.15, 0.2) is 0 Å². The molecule has 0 aliphatic carbocycles. The summed E-state index contributed by atoms with van der Waals surface area (Å²) in [4.78, 5) is 0. The summed E-state index contributed by atoms with van der Waals surface area (Å²) >= 11 is 0. The summed E-state index contributed by atoms with van der Waals surface area (Å²) in [6.45, 7) is 0.0627. The Hall–Kier alpha value is -0.970. The van der Waals surface area contributed by atoms with Gasteiger partial charge in [0.25, 0.3) is 10.1 Å². The quantitative estimate of drug-likeness (QED) is 0.483. The Kier molecular flexibility index (Phi) is 5.22. The second-order valence-corrected chi connectivity index (χ2v) is 4.32. The highest BCUT2D eigenvalue weighted by molar-refractivity contribution is 7.85. The van der Waals surface area contributed by atoms with E-state index in [0.29, 0.717) is 12.8 Å². The van der Waals surface area contributed by atoms with Crippen LogP contribution in [0.2, 0.25) is 0 Å². The van der Waals surface area contributed by atoms with Crippen molar-refractivity contribution in [2.45, 2.75) is 12.8 Å². The summed E-state index contributed by atoms with van der Waals surface area (Å²) in [7, 11) is -3.39. The second kappa shape index (κ2) is 5.64. The van der Waals surface area contributed by atoms with Crippen molar-refractivity contribution in [3.8, 4) is 24.7 Å². The first kappa shape index (κ1) is 12.0. The predicted molar refractivity (Wildman–Crippen MR) is 51.2 cm³/mol. The minimum absolute atomic E-state index is 0.0627. The Morgan fingerprint density at radius 2 is 1.77 bits per heavy atom. The van der Waals surface area contributed by atoms with Crippen molar-refractivity contribution in [2.24, 2.45) is 5.92 Å². The van der Waals surface area contributed by atoms with Crippen LogP contribution in [-0.4, -0.2) is 21.3 Å². The Bertz CT molecular complexity index is 300. The zero-order chi connectivity index (χ0) is 10.3. The average molecular weight is 200 g/mol. The van der Waals surface area contributed by atoms with Crippen LogP contribution in [0.3, 0.4) is 0 Å².